The van der Waals surface area contributed by atoms with Gasteiger partial charge in [-0.25, -0.2) is 4.68 Å². The van der Waals surface area contributed by atoms with Crippen molar-refractivity contribution in [2.75, 3.05) is 6.54 Å². The molecule has 2 aliphatic carbocycles. The van der Waals surface area contributed by atoms with Crippen molar-refractivity contribution in [2.24, 2.45) is 24.8 Å². The standard InChI is InChI=1S/C31H38N4O4/c1-4-19-5-7-20(8-6-19)17-32-28(36)15-23-13-21-9-10-22(14-26(21)31(23)39)25(16-29(37)38)24-11-12-27-30(18(24)2)33-34-35(27)3/h9-12,14,19-20,23,25H,4-8,13,15-17H2,1-3H3,(H,32,36)(H,37,38). The molecule has 2 aromatic carbocycles. The van der Waals surface area contributed by atoms with Gasteiger partial charge in [0.25, 0.3) is 0 Å². The molecule has 1 amide bonds. The number of nitrogens with one attached hydrogen (secondary N) is 1. The van der Waals surface area contributed by atoms with Crippen LogP contribution in [-0.4, -0.2) is 44.3 Å². The summed E-state index contributed by atoms with van der Waals surface area (Å²) in [5.74, 6) is -0.449. The van der Waals surface area contributed by atoms with Crippen molar-refractivity contribution in [1.82, 2.24) is 20.3 Å². The molecule has 3 aromatic rings. The molecule has 8 heteroatoms. The normalized spacial score (nSPS) is 21.6. The molecule has 206 valence electrons. The van der Waals surface area contributed by atoms with Crippen LogP contribution in [0.25, 0.3) is 11.0 Å². The van der Waals surface area contributed by atoms with E-state index < -0.39 is 11.9 Å². The second-order valence-electron chi connectivity index (χ2n) is 11.5. The number of hydrogen-bond donors (Lipinski definition) is 2. The highest BCUT2D eigenvalue weighted by atomic mass is 16.4. The van der Waals surface area contributed by atoms with Crippen molar-refractivity contribution >= 4 is 28.7 Å². The summed E-state index contributed by atoms with van der Waals surface area (Å²) in [5, 5.41) is 21.2. The molecule has 0 aliphatic heterocycles. The Morgan fingerprint density at radius 2 is 1.87 bits per heavy atom. The Morgan fingerprint density at radius 3 is 2.59 bits per heavy atom. The van der Waals surface area contributed by atoms with Gasteiger partial charge in [0.2, 0.25) is 5.91 Å². The van der Waals surface area contributed by atoms with Gasteiger partial charge in [0, 0.05) is 37.4 Å². The summed E-state index contributed by atoms with van der Waals surface area (Å²) in [6.45, 7) is 4.88. The lowest BCUT2D eigenvalue weighted by Gasteiger charge is -2.27. The number of amides is 1. The van der Waals surface area contributed by atoms with Gasteiger partial charge in [-0.15, -0.1) is 5.10 Å². The number of carboxylic acid groups (broad SMARTS) is 1. The quantitative estimate of drug-likeness (QED) is 0.404. The molecular formula is C31H38N4O4. The molecule has 39 heavy (non-hydrogen) atoms. The molecule has 0 saturated heterocycles. The number of rotatable bonds is 9. The minimum absolute atomic E-state index is 0.0272. The van der Waals surface area contributed by atoms with E-state index in [0.717, 1.165) is 52.0 Å². The molecule has 2 N–H and O–H groups in total. The SMILES string of the molecule is CCC1CCC(CNC(=O)CC2Cc3ccc(C(CC(=O)O)c4ccc5c(nnn5C)c4C)cc3C2=O)CC1. The van der Waals surface area contributed by atoms with E-state index in [-0.39, 0.29) is 30.4 Å². The molecule has 1 heterocycles. The van der Waals surface area contributed by atoms with Crippen LogP contribution < -0.4 is 5.32 Å². The average molecular weight is 531 g/mol. The average Bonchev–Trinajstić information content (AvgIpc) is 3.46. The maximum Gasteiger partial charge on any atom is 0.304 e. The number of carbonyl (C=O) groups excluding carboxylic acids is 2. The van der Waals surface area contributed by atoms with Crippen molar-refractivity contribution in [3.8, 4) is 0 Å². The van der Waals surface area contributed by atoms with E-state index in [1.165, 1.54) is 19.3 Å². The lowest BCUT2D eigenvalue weighted by molar-refractivity contribution is -0.137. The van der Waals surface area contributed by atoms with Crippen molar-refractivity contribution < 1.29 is 19.5 Å². The molecule has 5 rings (SSSR count). The van der Waals surface area contributed by atoms with Gasteiger partial charge in [-0.05, 0) is 72.4 Å². The highest BCUT2D eigenvalue weighted by Crippen LogP contribution is 2.37. The highest BCUT2D eigenvalue weighted by molar-refractivity contribution is 6.04. The van der Waals surface area contributed by atoms with E-state index in [2.05, 4.69) is 22.6 Å². The van der Waals surface area contributed by atoms with Crippen molar-refractivity contribution in [2.45, 2.75) is 71.1 Å². The van der Waals surface area contributed by atoms with Gasteiger partial charge < -0.3 is 10.4 Å². The van der Waals surface area contributed by atoms with Crippen LogP contribution in [0.1, 0.15) is 90.4 Å². The molecule has 2 aliphatic rings. The number of fused-ring (bicyclic) bond motifs is 2. The van der Waals surface area contributed by atoms with Gasteiger partial charge in [0.1, 0.15) is 5.52 Å². The second kappa shape index (κ2) is 11.3. The van der Waals surface area contributed by atoms with Crippen molar-refractivity contribution in [3.63, 3.8) is 0 Å². The van der Waals surface area contributed by atoms with Crippen molar-refractivity contribution in [3.05, 3.63) is 58.1 Å². The third kappa shape index (κ3) is 5.60. The third-order valence-corrected chi connectivity index (χ3v) is 9.04. The predicted octanol–water partition coefficient (Wildman–Crippen LogP) is 4.96. The molecule has 0 radical (unpaired) electrons. The Hall–Kier alpha value is -3.55. The van der Waals surface area contributed by atoms with Crippen LogP contribution in [0.3, 0.4) is 0 Å². The number of carbonyl (C=O) groups is 3. The van der Waals surface area contributed by atoms with E-state index >= 15 is 0 Å². The summed E-state index contributed by atoms with van der Waals surface area (Å²) in [5.41, 5.74) is 5.68. The van der Waals surface area contributed by atoms with E-state index in [9.17, 15) is 19.5 Å². The molecule has 0 bridgehead atoms. The van der Waals surface area contributed by atoms with E-state index in [1.807, 2.05) is 44.3 Å². The monoisotopic (exact) mass is 530 g/mol. The summed E-state index contributed by atoms with van der Waals surface area (Å²) in [6.07, 6.45) is 6.66. The fourth-order valence-corrected chi connectivity index (χ4v) is 6.57. The van der Waals surface area contributed by atoms with E-state index in [0.29, 0.717) is 24.4 Å². The largest absolute Gasteiger partial charge is 0.481 e. The predicted molar refractivity (Wildman–Crippen MR) is 149 cm³/mol. The minimum Gasteiger partial charge on any atom is -0.481 e. The fourth-order valence-electron chi connectivity index (χ4n) is 6.57. The Balaban J connectivity index is 1.29. The summed E-state index contributed by atoms with van der Waals surface area (Å²) < 4.78 is 1.69. The molecule has 1 fully saturated rings. The van der Waals surface area contributed by atoms with Crippen LogP contribution in [-0.2, 0) is 23.1 Å². The zero-order valence-corrected chi connectivity index (χ0v) is 23.1. The number of Topliss-reactive ketones (excluding diaryl/α,β-unsaturated/α-hetero) is 1. The topological polar surface area (TPSA) is 114 Å². The Kier molecular flexibility index (Phi) is 7.82. The number of hydrogen-bond acceptors (Lipinski definition) is 5. The Labute approximate surface area is 229 Å². The molecule has 1 saturated carbocycles. The first-order chi connectivity index (χ1) is 18.7. The molecular weight excluding hydrogens is 492 g/mol. The van der Waals surface area contributed by atoms with Gasteiger partial charge >= 0.3 is 5.97 Å². The first-order valence-electron chi connectivity index (χ1n) is 14.2. The summed E-state index contributed by atoms with van der Waals surface area (Å²) in [4.78, 5) is 38.0. The minimum atomic E-state index is -0.914. The molecule has 8 nitrogen and oxygen atoms in total. The number of benzene rings is 2. The van der Waals surface area contributed by atoms with Crippen LogP contribution in [0.15, 0.2) is 30.3 Å². The number of aromatic nitrogens is 3. The maximum absolute atomic E-state index is 13.4. The zero-order valence-electron chi connectivity index (χ0n) is 23.1. The van der Waals surface area contributed by atoms with Crippen LogP contribution in [0.2, 0.25) is 0 Å². The second-order valence-corrected chi connectivity index (χ2v) is 11.5. The first-order valence-corrected chi connectivity index (χ1v) is 14.2. The number of carboxylic acids is 1. The number of nitrogens with zero attached hydrogens (tertiary/aromatic N) is 3. The van der Waals surface area contributed by atoms with Crippen LogP contribution in [0, 0.1) is 24.7 Å². The number of ketones is 1. The summed E-state index contributed by atoms with van der Waals surface area (Å²) in [6, 6.07) is 9.54. The third-order valence-electron chi connectivity index (χ3n) is 9.04. The summed E-state index contributed by atoms with van der Waals surface area (Å²) >= 11 is 0. The van der Waals surface area contributed by atoms with E-state index in [4.69, 9.17) is 0 Å². The molecule has 2 unspecified atom stereocenters. The van der Waals surface area contributed by atoms with Crippen LogP contribution in [0.4, 0.5) is 0 Å². The zero-order chi connectivity index (χ0) is 27.7. The Morgan fingerprint density at radius 1 is 1.13 bits per heavy atom. The van der Waals surface area contributed by atoms with E-state index in [1.54, 1.807) is 4.68 Å². The highest BCUT2D eigenvalue weighted by Gasteiger charge is 2.33. The van der Waals surface area contributed by atoms with Gasteiger partial charge in [-0.1, -0.05) is 49.6 Å². The molecule has 0 spiro atoms. The Bertz CT molecular complexity index is 1400. The van der Waals surface area contributed by atoms with Gasteiger partial charge in [0.15, 0.2) is 5.78 Å². The molecule has 1 aromatic heterocycles. The number of aliphatic carboxylic acids is 1. The number of aryl methyl sites for hydroxylation is 2. The van der Waals surface area contributed by atoms with Gasteiger partial charge in [0.05, 0.1) is 11.9 Å². The molecule has 2 atom stereocenters. The van der Waals surface area contributed by atoms with Crippen molar-refractivity contribution in [1.29, 1.82) is 0 Å². The fraction of sp³-hybridized carbons (Fsp3) is 0.516. The lowest BCUT2D eigenvalue weighted by atomic mass is 9.81. The van der Waals surface area contributed by atoms with Crippen LogP contribution in [0.5, 0.6) is 0 Å². The van der Waals surface area contributed by atoms with Crippen LogP contribution >= 0.6 is 0 Å². The maximum atomic E-state index is 13.4. The lowest BCUT2D eigenvalue weighted by Crippen LogP contribution is -2.33. The van der Waals surface area contributed by atoms with Gasteiger partial charge in [-0.3, -0.25) is 14.4 Å². The summed E-state index contributed by atoms with van der Waals surface area (Å²) in [7, 11) is 1.82. The smallest absolute Gasteiger partial charge is 0.304 e. The first kappa shape index (κ1) is 27.0. The van der Waals surface area contributed by atoms with Gasteiger partial charge in [-0.2, -0.15) is 0 Å².